The van der Waals surface area contributed by atoms with Gasteiger partial charge in [0.25, 0.3) is 0 Å². The molecule has 0 aromatic heterocycles. The highest BCUT2D eigenvalue weighted by Crippen LogP contribution is 2.25. The number of phenolic OH excluding ortho intramolecular Hbond substituents is 1. The standard InChI is InChI=1S/C12H16O6/c1-6-2-7(13)4-8(3-6)18-12-11(16)10(15)9(14)5-17-12/h2-4,9-16H,5H2,1H3. The van der Waals surface area contributed by atoms with Crippen LogP contribution in [-0.4, -0.2) is 51.6 Å². The van der Waals surface area contributed by atoms with Gasteiger partial charge in [0.05, 0.1) is 6.61 Å². The second kappa shape index (κ2) is 5.11. The molecule has 4 N–H and O–H groups in total. The Morgan fingerprint density at radius 1 is 1.17 bits per heavy atom. The summed E-state index contributed by atoms with van der Waals surface area (Å²) in [5.41, 5.74) is 0.788. The minimum absolute atomic E-state index is 0.0379. The molecule has 0 aliphatic carbocycles. The maximum absolute atomic E-state index is 9.69. The van der Waals surface area contributed by atoms with Crippen molar-refractivity contribution in [3.05, 3.63) is 23.8 Å². The first kappa shape index (κ1) is 13.1. The van der Waals surface area contributed by atoms with Gasteiger partial charge in [-0.25, -0.2) is 0 Å². The molecule has 1 aromatic carbocycles. The van der Waals surface area contributed by atoms with Crippen molar-refractivity contribution < 1.29 is 29.9 Å². The van der Waals surface area contributed by atoms with Crippen LogP contribution in [-0.2, 0) is 4.74 Å². The van der Waals surface area contributed by atoms with Gasteiger partial charge in [-0.3, -0.25) is 0 Å². The van der Waals surface area contributed by atoms with Crippen LogP contribution in [0, 0.1) is 6.92 Å². The van der Waals surface area contributed by atoms with Crippen LogP contribution < -0.4 is 4.74 Å². The Hall–Kier alpha value is -1.34. The third kappa shape index (κ3) is 2.73. The van der Waals surface area contributed by atoms with E-state index >= 15 is 0 Å². The van der Waals surface area contributed by atoms with Crippen LogP contribution in [0.5, 0.6) is 11.5 Å². The van der Waals surface area contributed by atoms with Crippen molar-refractivity contribution in [1.29, 1.82) is 0 Å². The first-order valence-electron chi connectivity index (χ1n) is 5.60. The monoisotopic (exact) mass is 256 g/mol. The Kier molecular flexibility index (Phi) is 3.72. The third-order valence-corrected chi connectivity index (χ3v) is 2.74. The van der Waals surface area contributed by atoms with Crippen molar-refractivity contribution in [3.63, 3.8) is 0 Å². The Morgan fingerprint density at radius 2 is 1.89 bits per heavy atom. The fourth-order valence-electron chi connectivity index (χ4n) is 1.81. The molecule has 0 radical (unpaired) electrons. The van der Waals surface area contributed by atoms with Crippen molar-refractivity contribution in [3.8, 4) is 11.5 Å². The summed E-state index contributed by atoms with van der Waals surface area (Å²) in [6.07, 6.45) is -4.88. The van der Waals surface area contributed by atoms with Gasteiger partial charge < -0.3 is 29.9 Å². The van der Waals surface area contributed by atoms with Gasteiger partial charge in [-0.05, 0) is 24.6 Å². The summed E-state index contributed by atoms with van der Waals surface area (Å²) in [6, 6.07) is 4.59. The van der Waals surface area contributed by atoms with Crippen molar-refractivity contribution in [2.75, 3.05) is 6.61 Å². The van der Waals surface area contributed by atoms with E-state index in [1.54, 1.807) is 19.1 Å². The van der Waals surface area contributed by atoms with Crippen molar-refractivity contribution >= 4 is 0 Å². The molecule has 0 saturated carbocycles. The first-order valence-corrected chi connectivity index (χ1v) is 5.60. The van der Waals surface area contributed by atoms with Gasteiger partial charge in [0.2, 0.25) is 6.29 Å². The Morgan fingerprint density at radius 3 is 2.56 bits per heavy atom. The van der Waals surface area contributed by atoms with Gasteiger partial charge in [-0.2, -0.15) is 0 Å². The van der Waals surface area contributed by atoms with E-state index in [1.165, 1.54) is 6.07 Å². The topological polar surface area (TPSA) is 99.4 Å². The zero-order valence-corrected chi connectivity index (χ0v) is 9.85. The Bertz CT molecular complexity index is 401. The average molecular weight is 256 g/mol. The minimum Gasteiger partial charge on any atom is -0.508 e. The second-order valence-corrected chi connectivity index (χ2v) is 4.37. The van der Waals surface area contributed by atoms with E-state index in [0.717, 1.165) is 5.56 Å². The molecular weight excluding hydrogens is 240 g/mol. The molecule has 18 heavy (non-hydrogen) atoms. The number of ether oxygens (including phenoxy) is 2. The molecule has 4 unspecified atom stereocenters. The number of phenols is 1. The molecule has 1 aliphatic rings. The van der Waals surface area contributed by atoms with Crippen molar-refractivity contribution in [2.45, 2.75) is 31.5 Å². The van der Waals surface area contributed by atoms with Gasteiger partial charge >= 0.3 is 0 Å². The predicted octanol–water partition coefficient (Wildman–Crippen LogP) is -0.482. The number of aryl methyl sites for hydroxylation is 1. The highest BCUT2D eigenvalue weighted by molar-refractivity contribution is 5.36. The van der Waals surface area contributed by atoms with E-state index in [9.17, 15) is 20.4 Å². The molecule has 0 amide bonds. The summed E-state index contributed by atoms with van der Waals surface area (Å²) in [7, 11) is 0. The first-order chi connectivity index (χ1) is 8.47. The number of hydrogen-bond donors (Lipinski definition) is 4. The summed E-state index contributed by atoms with van der Waals surface area (Å²) >= 11 is 0. The van der Waals surface area contributed by atoms with E-state index in [2.05, 4.69) is 0 Å². The number of rotatable bonds is 2. The zero-order chi connectivity index (χ0) is 13.3. The summed E-state index contributed by atoms with van der Waals surface area (Å²) < 4.78 is 10.4. The average Bonchev–Trinajstić information content (AvgIpc) is 2.29. The molecule has 1 aromatic rings. The van der Waals surface area contributed by atoms with Crippen LogP contribution in [0.25, 0.3) is 0 Å². The molecule has 1 aliphatic heterocycles. The minimum atomic E-state index is -1.35. The third-order valence-electron chi connectivity index (χ3n) is 2.74. The summed E-state index contributed by atoms with van der Waals surface area (Å²) in [5.74, 6) is 0.357. The largest absolute Gasteiger partial charge is 0.508 e. The molecule has 0 spiro atoms. The Labute approximate surface area is 104 Å². The molecule has 1 heterocycles. The highest BCUT2D eigenvalue weighted by atomic mass is 16.7. The molecule has 2 rings (SSSR count). The van der Waals surface area contributed by atoms with E-state index in [1.807, 2.05) is 0 Å². The van der Waals surface area contributed by atoms with E-state index in [-0.39, 0.29) is 12.4 Å². The lowest BCUT2D eigenvalue weighted by Crippen LogP contribution is -2.54. The normalized spacial score (nSPS) is 32.2. The smallest absolute Gasteiger partial charge is 0.228 e. The molecule has 4 atom stereocenters. The molecular formula is C12H16O6. The molecule has 100 valence electrons. The molecule has 6 heteroatoms. The quantitative estimate of drug-likeness (QED) is 0.570. The lowest BCUT2D eigenvalue weighted by molar-refractivity contribution is -0.242. The van der Waals surface area contributed by atoms with Crippen LogP contribution in [0.1, 0.15) is 5.56 Å². The van der Waals surface area contributed by atoms with E-state index < -0.39 is 24.6 Å². The van der Waals surface area contributed by atoms with Gasteiger partial charge in [-0.15, -0.1) is 0 Å². The van der Waals surface area contributed by atoms with Crippen LogP contribution in [0.15, 0.2) is 18.2 Å². The highest BCUT2D eigenvalue weighted by Gasteiger charge is 2.38. The van der Waals surface area contributed by atoms with Crippen LogP contribution in [0.2, 0.25) is 0 Å². The fourth-order valence-corrected chi connectivity index (χ4v) is 1.81. The van der Waals surface area contributed by atoms with Gasteiger partial charge in [0.1, 0.15) is 29.8 Å². The van der Waals surface area contributed by atoms with E-state index in [0.29, 0.717) is 5.75 Å². The molecule has 0 bridgehead atoms. The second-order valence-electron chi connectivity index (χ2n) is 4.37. The number of hydrogen-bond acceptors (Lipinski definition) is 6. The van der Waals surface area contributed by atoms with Gasteiger partial charge in [-0.1, -0.05) is 0 Å². The SMILES string of the molecule is Cc1cc(O)cc(OC2OCC(O)C(O)C2O)c1. The van der Waals surface area contributed by atoms with Crippen molar-refractivity contribution in [2.24, 2.45) is 0 Å². The molecule has 6 nitrogen and oxygen atoms in total. The summed E-state index contributed by atoms with van der Waals surface area (Å²) in [6.45, 7) is 1.66. The predicted molar refractivity (Wildman–Crippen MR) is 61.2 cm³/mol. The van der Waals surface area contributed by atoms with Gasteiger partial charge in [0, 0.05) is 6.07 Å². The number of aliphatic hydroxyl groups excluding tert-OH is 3. The lowest BCUT2D eigenvalue weighted by atomic mass is 10.1. The lowest BCUT2D eigenvalue weighted by Gasteiger charge is -2.34. The Balaban J connectivity index is 2.09. The molecule has 1 fully saturated rings. The van der Waals surface area contributed by atoms with E-state index in [4.69, 9.17) is 9.47 Å². The van der Waals surface area contributed by atoms with Gasteiger partial charge in [0.15, 0.2) is 0 Å². The number of aromatic hydroxyl groups is 1. The summed E-state index contributed by atoms with van der Waals surface area (Å²) in [5, 5.41) is 37.9. The van der Waals surface area contributed by atoms with Crippen molar-refractivity contribution in [1.82, 2.24) is 0 Å². The summed E-state index contributed by atoms with van der Waals surface area (Å²) in [4.78, 5) is 0. The zero-order valence-electron chi connectivity index (χ0n) is 9.85. The van der Waals surface area contributed by atoms with Crippen LogP contribution in [0.4, 0.5) is 0 Å². The number of aliphatic hydroxyl groups is 3. The fraction of sp³-hybridized carbons (Fsp3) is 0.500. The maximum atomic E-state index is 9.69. The number of benzene rings is 1. The van der Waals surface area contributed by atoms with Crippen LogP contribution in [0.3, 0.4) is 0 Å². The molecule has 1 saturated heterocycles. The maximum Gasteiger partial charge on any atom is 0.228 e. The van der Waals surface area contributed by atoms with Crippen LogP contribution >= 0.6 is 0 Å².